The molecule has 2 N–H and O–H groups in total. The van der Waals surface area contributed by atoms with Gasteiger partial charge in [-0.1, -0.05) is 15.9 Å². The van der Waals surface area contributed by atoms with Crippen LogP contribution >= 0.6 is 31.9 Å². The van der Waals surface area contributed by atoms with Crippen molar-refractivity contribution in [3.05, 3.63) is 27.1 Å². The Labute approximate surface area is 140 Å². The number of amides is 2. The number of carboxylic acids is 1. The highest BCUT2D eigenvalue weighted by Crippen LogP contribution is 2.27. The predicted octanol–water partition coefficient (Wildman–Crippen LogP) is 3.93. The zero-order valence-electron chi connectivity index (χ0n) is 11.3. The lowest BCUT2D eigenvalue weighted by Crippen LogP contribution is -2.41. The Morgan fingerprint density at radius 2 is 1.95 bits per heavy atom. The summed E-state index contributed by atoms with van der Waals surface area (Å²) in [4.78, 5) is 24.6. The quantitative estimate of drug-likeness (QED) is 0.779. The Hall–Kier alpha value is -1.08. The van der Waals surface area contributed by atoms with Gasteiger partial charge in [0, 0.05) is 28.5 Å². The van der Waals surface area contributed by atoms with Gasteiger partial charge in [0.25, 0.3) is 0 Å². The van der Waals surface area contributed by atoms with E-state index < -0.39 is 5.97 Å². The van der Waals surface area contributed by atoms with Crippen LogP contribution in [0.4, 0.5) is 10.5 Å². The number of carbonyl (C=O) groups excluding carboxylic acids is 1. The van der Waals surface area contributed by atoms with Crippen LogP contribution in [0.25, 0.3) is 0 Å². The molecule has 0 aliphatic carbocycles. The standard InChI is InChI=1S/C14H16Br2N2O3/c15-10-1-2-12(11(16)8-10)17-14(21)18-5-3-9(4-6-18)7-13(19)20/h1-2,8-9H,3-7H2,(H,17,21)(H,19,20). The number of carboxylic acid groups (broad SMARTS) is 1. The van der Waals surface area contributed by atoms with E-state index in [1.165, 1.54) is 0 Å². The topological polar surface area (TPSA) is 69.6 Å². The fourth-order valence-electron chi connectivity index (χ4n) is 2.37. The highest BCUT2D eigenvalue weighted by molar-refractivity contribution is 9.11. The Bertz CT molecular complexity index is 543. The number of carbonyl (C=O) groups is 2. The van der Waals surface area contributed by atoms with Gasteiger partial charge in [-0.2, -0.15) is 0 Å². The summed E-state index contributed by atoms with van der Waals surface area (Å²) in [5.41, 5.74) is 0.718. The molecule has 0 saturated carbocycles. The number of hydrogen-bond acceptors (Lipinski definition) is 2. The van der Waals surface area contributed by atoms with Gasteiger partial charge in [-0.3, -0.25) is 4.79 Å². The molecule has 0 bridgehead atoms. The molecule has 7 heteroatoms. The number of halogens is 2. The van der Waals surface area contributed by atoms with E-state index in [1.807, 2.05) is 18.2 Å². The number of likely N-dealkylation sites (tertiary alicyclic amines) is 1. The largest absolute Gasteiger partial charge is 0.481 e. The molecule has 1 saturated heterocycles. The number of rotatable bonds is 3. The van der Waals surface area contributed by atoms with E-state index in [0.29, 0.717) is 13.1 Å². The van der Waals surface area contributed by atoms with Crippen LogP contribution in [-0.4, -0.2) is 35.1 Å². The first-order chi connectivity index (χ1) is 9.95. The summed E-state index contributed by atoms with van der Waals surface area (Å²) < 4.78 is 1.74. The van der Waals surface area contributed by atoms with Crippen molar-refractivity contribution in [3.8, 4) is 0 Å². The molecule has 5 nitrogen and oxygen atoms in total. The van der Waals surface area contributed by atoms with Crippen LogP contribution in [0.3, 0.4) is 0 Å². The normalized spacial score (nSPS) is 15.8. The van der Waals surface area contributed by atoms with Gasteiger partial charge in [0.1, 0.15) is 0 Å². The third-order valence-corrected chi connectivity index (χ3v) is 4.69. The molecule has 1 aliphatic rings. The maximum Gasteiger partial charge on any atom is 0.321 e. The van der Waals surface area contributed by atoms with E-state index in [4.69, 9.17) is 5.11 Å². The van der Waals surface area contributed by atoms with Gasteiger partial charge in [-0.25, -0.2) is 4.79 Å². The average Bonchev–Trinajstić information content (AvgIpc) is 2.42. The lowest BCUT2D eigenvalue weighted by atomic mass is 9.94. The number of hydrogen-bond donors (Lipinski definition) is 2. The van der Waals surface area contributed by atoms with Crippen LogP contribution < -0.4 is 5.32 Å². The van der Waals surface area contributed by atoms with Crippen molar-refractivity contribution >= 4 is 49.5 Å². The summed E-state index contributed by atoms with van der Waals surface area (Å²) in [5, 5.41) is 11.7. The van der Waals surface area contributed by atoms with E-state index in [1.54, 1.807) is 4.90 Å². The molecule has 2 rings (SSSR count). The van der Waals surface area contributed by atoms with Gasteiger partial charge >= 0.3 is 12.0 Å². The number of benzene rings is 1. The summed E-state index contributed by atoms with van der Waals surface area (Å²) in [6, 6.07) is 5.41. The third-order valence-electron chi connectivity index (χ3n) is 3.54. The van der Waals surface area contributed by atoms with Crippen molar-refractivity contribution in [3.63, 3.8) is 0 Å². The summed E-state index contributed by atoms with van der Waals surface area (Å²) in [6.45, 7) is 1.19. The van der Waals surface area contributed by atoms with Crippen molar-refractivity contribution in [1.82, 2.24) is 4.90 Å². The molecule has 21 heavy (non-hydrogen) atoms. The molecule has 0 unspecified atom stereocenters. The van der Waals surface area contributed by atoms with Gasteiger partial charge < -0.3 is 15.3 Å². The fourth-order valence-corrected chi connectivity index (χ4v) is 3.52. The molecule has 114 valence electrons. The van der Waals surface area contributed by atoms with Crippen molar-refractivity contribution in [2.45, 2.75) is 19.3 Å². The predicted molar refractivity (Wildman–Crippen MR) is 87.4 cm³/mol. The van der Waals surface area contributed by atoms with Crippen LogP contribution in [-0.2, 0) is 4.79 Å². The number of nitrogens with one attached hydrogen (secondary N) is 1. The molecular weight excluding hydrogens is 404 g/mol. The zero-order chi connectivity index (χ0) is 15.4. The SMILES string of the molecule is O=C(O)CC1CCN(C(=O)Nc2ccc(Br)cc2Br)CC1. The van der Waals surface area contributed by atoms with Crippen molar-refractivity contribution in [2.75, 3.05) is 18.4 Å². The lowest BCUT2D eigenvalue weighted by Gasteiger charge is -2.31. The van der Waals surface area contributed by atoms with Crippen LogP contribution in [0.2, 0.25) is 0 Å². The van der Waals surface area contributed by atoms with Crippen molar-refractivity contribution in [1.29, 1.82) is 0 Å². The lowest BCUT2D eigenvalue weighted by molar-refractivity contribution is -0.138. The minimum Gasteiger partial charge on any atom is -0.481 e. The molecule has 0 aromatic heterocycles. The highest BCUT2D eigenvalue weighted by Gasteiger charge is 2.24. The Kier molecular flexibility index (Phi) is 5.64. The number of nitrogens with zero attached hydrogens (tertiary/aromatic N) is 1. The molecule has 1 fully saturated rings. The minimum absolute atomic E-state index is 0.146. The maximum atomic E-state index is 12.2. The van der Waals surface area contributed by atoms with Crippen molar-refractivity contribution < 1.29 is 14.7 Å². The molecule has 0 radical (unpaired) electrons. The van der Waals surface area contributed by atoms with Crippen LogP contribution in [0.15, 0.2) is 27.1 Å². The van der Waals surface area contributed by atoms with Gasteiger partial charge in [0.15, 0.2) is 0 Å². The Balaban J connectivity index is 1.89. The van der Waals surface area contributed by atoms with E-state index in [0.717, 1.165) is 27.5 Å². The second kappa shape index (κ2) is 7.26. The summed E-state index contributed by atoms with van der Waals surface area (Å²) in [6.07, 6.45) is 1.66. The van der Waals surface area contributed by atoms with Gasteiger partial charge in [0.2, 0.25) is 0 Å². The maximum absolute atomic E-state index is 12.2. The smallest absolute Gasteiger partial charge is 0.321 e. The zero-order valence-corrected chi connectivity index (χ0v) is 14.5. The molecule has 0 atom stereocenters. The molecule has 2 amide bonds. The fraction of sp³-hybridized carbons (Fsp3) is 0.429. The van der Waals surface area contributed by atoms with Crippen molar-refractivity contribution in [2.24, 2.45) is 5.92 Å². The molecule has 0 spiro atoms. The molecular formula is C14H16Br2N2O3. The summed E-state index contributed by atoms with van der Waals surface area (Å²) >= 11 is 6.77. The first kappa shape index (κ1) is 16.3. The molecule has 1 aliphatic heterocycles. The number of urea groups is 1. The summed E-state index contributed by atoms with van der Waals surface area (Å²) in [7, 11) is 0. The number of aliphatic carboxylic acids is 1. The van der Waals surface area contributed by atoms with E-state index in [2.05, 4.69) is 37.2 Å². The molecule has 1 aromatic carbocycles. The van der Waals surface area contributed by atoms with Gasteiger partial charge in [0.05, 0.1) is 5.69 Å². The summed E-state index contributed by atoms with van der Waals surface area (Å²) in [5.74, 6) is -0.595. The monoisotopic (exact) mass is 418 g/mol. The average molecular weight is 420 g/mol. The van der Waals surface area contributed by atoms with E-state index in [9.17, 15) is 9.59 Å². The van der Waals surface area contributed by atoms with Gasteiger partial charge in [-0.15, -0.1) is 0 Å². The Morgan fingerprint density at radius 3 is 2.52 bits per heavy atom. The number of anilines is 1. The van der Waals surface area contributed by atoms with Gasteiger partial charge in [-0.05, 0) is 52.9 Å². The van der Waals surface area contributed by atoms with Crippen LogP contribution in [0.1, 0.15) is 19.3 Å². The second-order valence-corrected chi connectivity index (χ2v) is 6.85. The minimum atomic E-state index is -0.767. The first-order valence-electron chi connectivity index (χ1n) is 6.68. The first-order valence-corrected chi connectivity index (χ1v) is 8.27. The molecule has 1 heterocycles. The highest BCUT2D eigenvalue weighted by atomic mass is 79.9. The third kappa shape index (κ3) is 4.71. The number of piperidine rings is 1. The van der Waals surface area contributed by atoms with E-state index >= 15 is 0 Å². The Morgan fingerprint density at radius 1 is 1.29 bits per heavy atom. The van der Waals surface area contributed by atoms with Crippen LogP contribution in [0, 0.1) is 5.92 Å². The molecule has 1 aromatic rings. The second-order valence-electron chi connectivity index (χ2n) is 5.08. The van der Waals surface area contributed by atoms with E-state index in [-0.39, 0.29) is 18.4 Å². The van der Waals surface area contributed by atoms with Crippen LogP contribution in [0.5, 0.6) is 0 Å².